The van der Waals surface area contributed by atoms with Crippen molar-refractivity contribution in [3.8, 4) is 0 Å². The number of sulfonamides is 1. The lowest BCUT2D eigenvalue weighted by Gasteiger charge is -2.36. The third-order valence-corrected chi connectivity index (χ3v) is 6.08. The number of benzene rings is 1. The van der Waals surface area contributed by atoms with Crippen LogP contribution in [0.15, 0.2) is 29.2 Å². The van der Waals surface area contributed by atoms with Crippen LogP contribution < -0.4 is 5.73 Å². The molecule has 0 radical (unpaired) electrons. The third-order valence-electron chi connectivity index (χ3n) is 4.14. The highest BCUT2D eigenvalue weighted by atomic mass is 32.2. The van der Waals surface area contributed by atoms with Crippen molar-refractivity contribution < 1.29 is 13.5 Å². The molecule has 0 bridgehead atoms. The maximum atomic E-state index is 12.8. The van der Waals surface area contributed by atoms with E-state index in [1.165, 1.54) is 4.31 Å². The number of nitrogens with two attached hydrogens (primary N) is 1. The van der Waals surface area contributed by atoms with E-state index in [-0.39, 0.29) is 30.1 Å². The molecule has 6 heteroatoms. The van der Waals surface area contributed by atoms with Gasteiger partial charge in [-0.2, -0.15) is 4.31 Å². The van der Waals surface area contributed by atoms with E-state index >= 15 is 0 Å². The van der Waals surface area contributed by atoms with Gasteiger partial charge in [0.25, 0.3) is 0 Å². The summed E-state index contributed by atoms with van der Waals surface area (Å²) in [4.78, 5) is 0.268. The summed E-state index contributed by atoms with van der Waals surface area (Å²) in [5.74, 6) is 0. The van der Waals surface area contributed by atoms with Crippen LogP contribution in [0.5, 0.6) is 0 Å². The van der Waals surface area contributed by atoms with E-state index in [2.05, 4.69) is 0 Å². The Bertz CT molecular complexity index is 570. The Labute approximate surface area is 126 Å². The van der Waals surface area contributed by atoms with E-state index in [0.29, 0.717) is 0 Å². The zero-order valence-electron chi connectivity index (χ0n) is 12.4. The van der Waals surface area contributed by atoms with Crippen LogP contribution in [0, 0.1) is 0 Å². The first-order chi connectivity index (χ1) is 10.0. The van der Waals surface area contributed by atoms with Gasteiger partial charge < -0.3 is 10.8 Å². The van der Waals surface area contributed by atoms with Crippen molar-refractivity contribution in [3.05, 3.63) is 29.8 Å². The van der Waals surface area contributed by atoms with Crippen LogP contribution in [0.1, 0.15) is 44.2 Å². The molecule has 1 fully saturated rings. The molecule has 0 amide bonds. The second-order valence-electron chi connectivity index (χ2n) is 5.51. The van der Waals surface area contributed by atoms with Crippen LogP contribution in [-0.4, -0.2) is 37.0 Å². The molecule has 0 saturated heterocycles. The van der Waals surface area contributed by atoms with E-state index in [4.69, 9.17) is 5.73 Å². The maximum absolute atomic E-state index is 12.8. The molecular formula is C15H24N2O3S. The van der Waals surface area contributed by atoms with Crippen molar-refractivity contribution in [1.29, 1.82) is 0 Å². The molecule has 2 rings (SSSR count). The van der Waals surface area contributed by atoms with Gasteiger partial charge in [0.2, 0.25) is 10.0 Å². The molecule has 0 spiro atoms. The van der Waals surface area contributed by atoms with Crippen LogP contribution in [0.4, 0.5) is 0 Å². The van der Waals surface area contributed by atoms with Crippen molar-refractivity contribution in [1.82, 2.24) is 4.31 Å². The summed E-state index contributed by atoms with van der Waals surface area (Å²) < 4.78 is 27.0. The number of rotatable bonds is 7. The van der Waals surface area contributed by atoms with E-state index in [9.17, 15) is 13.5 Å². The Balaban J connectivity index is 2.32. The van der Waals surface area contributed by atoms with Gasteiger partial charge in [0.05, 0.1) is 11.5 Å². The molecule has 1 aromatic carbocycles. The minimum absolute atomic E-state index is 0.0191. The standard InChI is InChI=1S/C15H24N2O3S/c1-2-15(16)12-5-3-8-14(11-12)21(19,20)17(9-10-18)13-6-4-7-13/h3,5,8,11,13,15,18H,2,4,6-7,9-10,16H2,1H3. The maximum Gasteiger partial charge on any atom is 0.243 e. The third kappa shape index (κ3) is 3.45. The van der Waals surface area contributed by atoms with Crippen molar-refractivity contribution >= 4 is 10.0 Å². The summed E-state index contributed by atoms with van der Waals surface area (Å²) in [7, 11) is -3.57. The minimum atomic E-state index is -3.57. The van der Waals surface area contributed by atoms with E-state index < -0.39 is 10.0 Å². The van der Waals surface area contributed by atoms with Gasteiger partial charge in [0, 0.05) is 18.6 Å². The molecule has 0 heterocycles. The monoisotopic (exact) mass is 312 g/mol. The Morgan fingerprint density at radius 3 is 2.67 bits per heavy atom. The molecule has 1 unspecified atom stereocenters. The normalized spacial score (nSPS) is 17.7. The molecule has 0 aliphatic heterocycles. The Hall–Kier alpha value is -0.950. The number of nitrogens with zero attached hydrogens (tertiary/aromatic N) is 1. The Morgan fingerprint density at radius 1 is 1.43 bits per heavy atom. The highest BCUT2D eigenvalue weighted by Crippen LogP contribution is 2.30. The molecule has 118 valence electrons. The average Bonchev–Trinajstić information content (AvgIpc) is 2.44. The summed E-state index contributed by atoms with van der Waals surface area (Å²) in [5, 5.41) is 9.17. The van der Waals surface area contributed by atoms with E-state index in [1.807, 2.05) is 13.0 Å². The summed E-state index contributed by atoms with van der Waals surface area (Å²) >= 11 is 0. The molecular weight excluding hydrogens is 288 g/mol. The molecule has 1 saturated carbocycles. The first-order valence-corrected chi connectivity index (χ1v) is 8.93. The predicted octanol–water partition coefficient (Wildman–Crippen LogP) is 1.63. The van der Waals surface area contributed by atoms with Gasteiger partial charge in [-0.15, -0.1) is 0 Å². The fraction of sp³-hybridized carbons (Fsp3) is 0.600. The summed E-state index contributed by atoms with van der Waals surface area (Å²) in [5.41, 5.74) is 6.82. The lowest BCUT2D eigenvalue weighted by Crippen LogP contribution is -2.45. The van der Waals surface area contributed by atoms with Crippen LogP contribution in [0.3, 0.4) is 0 Å². The number of hydrogen-bond donors (Lipinski definition) is 2. The molecule has 3 N–H and O–H groups in total. The zero-order valence-corrected chi connectivity index (χ0v) is 13.2. The van der Waals surface area contributed by atoms with Gasteiger partial charge in [-0.1, -0.05) is 25.5 Å². The van der Waals surface area contributed by atoms with Crippen LogP contribution >= 0.6 is 0 Å². The van der Waals surface area contributed by atoms with Gasteiger partial charge in [0.1, 0.15) is 0 Å². The largest absolute Gasteiger partial charge is 0.395 e. The smallest absolute Gasteiger partial charge is 0.243 e. The molecule has 1 atom stereocenters. The van der Waals surface area contributed by atoms with Gasteiger partial charge in [0.15, 0.2) is 0 Å². The Kier molecular flexibility index (Phi) is 5.37. The number of hydrogen-bond acceptors (Lipinski definition) is 4. The lowest BCUT2D eigenvalue weighted by molar-refractivity contribution is 0.178. The molecule has 21 heavy (non-hydrogen) atoms. The average molecular weight is 312 g/mol. The summed E-state index contributed by atoms with van der Waals surface area (Å²) in [6, 6.07) is 6.71. The molecule has 1 aliphatic rings. The lowest BCUT2D eigenvalue weighted by atomic mass is 9.93. The fourth-order valence-electron chi connectivity index (χ4n) is 2.55. The van der Waals surface area contributed by atoms with Crippen LogP contribution in [0.2, 0.25) is 0 Å². The van der Waals surface area contributed by atoms with Crippen molar-refractivity contribution in [2.75, 3.05) is 13.2 Å². The molecule has 0 aromatic heterocycles. The van der Waals surface area contributed by atoms with Crippen LogP contribution in [-0.2, 0) is 10.0 Å². The number of aliphatic hydroxyl groups excluding tert-OH is 1. The van der Waals surface area contributed by atoms with Gasteiger partial charge in [-0.05, 0) is 37.0 Å². The summed E-state index contributed by atoms with van der Waals surface area (Å²) in [6.07, 6.45) is 3.54. The van der Waals surface area contributed by atoms with Gasteiger partial charge >= 0.3 is 0 Å². The molecule has 5 nitrogen and oxygen atoms in total. The fourth-order valence-corrected chi connectivity index (χ4v) is 4.28. The quantitative estimate of drug-likeness (QED) is 0.801. The van der Waals surface area contributed by atoms with Crippen molar-refractivity contribution in [2.24, 2.45) is 5.73 Å². The molecule has 1 aromatic rings. The number of aliphatic hydroxyl groups is 1. The first-order valence-electron chi connectivity index (χ1n) is 7.49. The second-order valence-corrected chi connectivity index (χ2v) is 7.40. The first kappa shape index (κ1) is 16.4. The highest BCUT2D eigenvalue weighted by molar-refractivity contribution is 7.89. The van der Waals surface area contributed by atoms with E-state index in [1.54, 1.807) is 18.2 Å². The topological polar surface area (TPSA) is 83.6 Å². The minimum Gasteiger partial charge on any atom is -0.395 e. The van der Waals surface area contributed by atoms with Crippen LogP contribution in [0.25, 0.3) is 0 Å². The molecule has 1 aliphatic carbocycles. The zero-order chi connectivity index (χ0) is 15.5. The summed E-state index contributed by atoms with van der Waals surface area (Å²) in [6.45, 7) is 1.96. The SMILES string of the molecule is CCC(N)c1cccc(S(=O)(=O)N(CCO)C2CCC2)c1. The van der Waals surface area contributed by atoms with Crippen molar-refractivity contribution in [2.45, 2.75) is 49.6 Å². The second kappa shape index (κ2) is 6.87. The van der Waals surface area contributed by atoms with Crippen molar-refractivity contribution in [3.63, 3.8) is 0 Å². The van der Waals surface area contributed by atoms with Gasteiger partial charge in [-0.3, -0.25) is 0 Å². The predicted molar refractivity (Wildman–Crippen MR) is 82.3 cm³/mol. The highest BCUT2D eigenvalue weighted by Gasteiger charge is 2.34. The Morgan fingerprint density at radius 2 is 2.14 bits per heavy atom. The van der Waals surface area contributed by atoms with Gasteiger partial charge in [-0.25, -0.2) is 8.42 Å². The van der Waals surface area contributed by atoms with E-state index in [0.717, 1.165) is 31.2 Å².